The summed E-state index contributed by atoms with van der Waals surface area (Å²) >= 11 is 3.54. The Morgan fingerprint density at radius 1 is 1.48 bits per heavy atom. The van der Waals surface area contributed by atoms with Gasteiger partial charge in [-0.1, -0.05) is 22.9 Å². The molecule has 1 aromatic carbocycles. The third-order valence-corrected chi connectivity index (χ3v) is 4.61. The number of tetrazole rings is 1. The maximum atomic E-state index is 5.87. The van der Waals surface area contributed by atoms with Gasteiger partial charge in [-0.15, -0.1) is 5.10 Å². The molecule has 1 saturated heterocycles. The Hall–Kier alpha value is -1.47. The van der Waals surface area contributed by atoms with Crippen LogP contribution in [0.15, 0.2) is 22.7 Å². The van der Waals surface area contributed by atoms with Gasteiger partial charge in [0, 0.05) is 28.2 Å². The summed E-state index contributed by atoms with van der Waals surface area (Å²) in [6, 6.07) is 5.64. The number of rotatable bonds is 4. The second kappa shape index (κ2) is 6.11. The van der Waals surface area contributed by atoms with Gasteiger partial charge in [-0.05, 0) is 41.5 Å². The molecule has 2 heterocycles. The molecule has 112 valence electrons. The third kappa shape index (κ3) is 2.94. The monoisotopic (exact) mass is 351 g/mol. The standard InChI is InChI=1S/C14H18BrN5O/c1-2-13-9(5-6-21-13)8-20-14(17-18-19-20)11-7-10(16)3-4-12(11)15/h3-4,7,9,13H,2,5-6,8,16H2,1H3. The van der Waals surface area contributed by atoms with Crippen LogP contribution >= 0.6 is 15.9 Å². The Balaban J connectivity index is 1.89. The van der Waals surface area contributed by atoms with Crippen molar-refractivity contribution in [3.05, 3.63) is 22.7 Å². The highest BCUT2D eigenvalue weighted by Crippen LogP contribution is 2.30. The van der Waals surface area contributed by atoms with Crippen molar-refractivity contribution in [2.75, 3.05) is 12.3 Å². The molecule has 1 aliphatic heterocycles. The van der Waals surface area contributed by atoms with Crippen LogP contribution in [0.5, 0.6) is 0 Å². The molecule has 21 heavy (non-hydrogen) atoms. The Kier molecular flexibility index (Phi) is 4.21. The molecule has 0 amide bonds. The van der Waals surface area contributed by atoms with Crippen molar-refractivity contribution in [2.45, 2.75) is 32.4 Å². The molecular formula is C14H18BrN5O. The number of halogens is 1. The predicted octanol–water partition coefficient (Wildman–Crippen LogP) is 2.50. The summed E-state index contributed by atoms with van der Waals surface area (Å²) in [5.41, 5.74) is 7.47. The fourth-order valence-electron chi connectivity index (χ4n) is 2.81. The van der Waals surface area contributed by atoms with Crippen LogP contribution in [0.3, 0.4) is 0 Å². The van der Waals surface area contributed by atoms with Gasteiger partial charge in [0.25, 0.3) is 0 Å². The van der Waals surface area contributed by atoms with Crippen LogP contribution in [0.2, 0.25) is 0 Å². The molecule has 0 aliphatic carbocycles. The first-order chi connectivity index (χ1) is 10.2. The average molecular weight is 352 g/mol. The van der Waals surface area contributed by atoms with Gasteiger partial charge in [0.15, 0.2) is 5.82 Å². The molecule has 2 unspecified atom stereocenters. The highest BCUT2D eigenvalue weighted by Gasteiger charge is 2.28. The van der Waals surface area contributed by atoms with Crippen LogP contribution in [-0.2, 0) is 11.3 Å². The summed E-state index contributed by atoms with van der Waals surface area (Å²) in [5.74, 6) is 1.19. The van der Waals surface area contributed by atoms with E-state index in [-0.39, 0.29) is 0 Å². The molecule has 0 spiro atoms. The number of benzene rings is 1. The minimum absolute atomic E-state index is 0.298. The number of aromatic nitrogens is 4. The number of nitrogen functional groups attached to an aromatic ring is 1. The summed E-state index contributed by atoms with van der Waals surface area (Å²) in [6.45, 7) is 3.74. The normalized spacial score (nSPS) is 21.8. The molecule has 2 N–H and O–H groups in total. The molecule has 0 bridgehead atoms. The Morgan fingerprint density at radius 2 is 2.33 bits per heavy atom. The van der Waals surface area contributed by atoms with Crippen molar-refractivity contribution in [3.63, 3.8) is 0 Å². The Labute approximate surface area is 131 Å². The highest BCUT2D eigenvalue weighted by atomic mass is 79.9. The summed E-state index contributed by atoms with van der Waals surface area (Å²) in [6.07, 6.45) is 2.37. The Morgan fingerprint density at radius 3 is 3.14 bits per heavy atom. The summed E-state index contributed by atoms with van der Waals surface area (Å²) in [7, 11) is 0. The molecular weight excluding hydrogens is 334 g/mol. The molecule has 0 radical (unpaired) electrons. The topological polar surface area (TPSA) is 78.8 Å². The molecule has 2 atom stereocenters. The van der Waals surface area contributed by atoms with E-state index >= 15 is 0 Å². The Bertz CT molecular complexity index is 630. The van der Waals surface area contributed by atoms with Crippen molar-refractivity contribution < 1.29 is 4.74 Å². The lowest BCUT2D eigenvalue weighted by molar-refractivity contribution is 0.0825. The van der Waals surface area contributed by atoms with Crippen molar-refractivity contribution >= 4 is 21.6 Å². The number of nitrogens with two attached hydrogens (primary N) is 1. The maximum absolute atomic E-state index is 5.87. The van der Waals surface area contributed by atoms with Gasteiger partial charge >= 0.3 is 0 Å². The van der Waals surface area contributed by atoms with Gasteiger partial charge in [-0.2, -0.15) is 0 Å². The van der Waals surface area contributed by atoms with E-state index < -0.39 is 0 Å². The van der Waals surface area contributed by atoms with Crippen LogP contribution < -0.4 is 5.73 Å². The van der Waals surface area contributed by atoms with Crippen molar-refractivity contribution in [2.24, 2.45) is 5.92 Å². The average Bonchev–Trinajstić information content (AvgIpc) is 3.11. The van der Waals surface area contributed by atoms with Gasteiger partial charge in [-0.25, -0.2) is 4.68 Å². The van der Waals surface area contributed by atoms with E-state index in [1.165, 1.54) is 0 Å². The maximum Gasteiger partial charge on any atom is 0.183 e. The van der Waals surface area contributed by atoms with Crippen LogP contribution in [-0.4, -0.2) is 32.9 Å². The van der Waals surface area contributed by atoms with E-state index in [0.29, 0.717) is 17.7 Å². The van der Waals surface area contributed by atoms with E-state index in [0.717, 1.165) is 41.9 Å². The zero-order valence-corrected chi connectivity index (χ0v) is 13.5. The van der Waals surface area contributed by atoms with Crippen molar-refractivity contribution in [1.29, 1.82) is 0 Å². The van der Waals surface area contributed by atoms with Crippen LogP contribution in [0.1, 0.15) is 19.8 Å². The fourth-order valence-corrected chi connectivity index (χ4v) is 3.23. The van der Waals surface area contributed by atoms with Crippen LogP contribution in [0.4, 0.5) is 5.69 Å². The summed E-state index contributed by atoms with van der Waals surface area (Å²) in [4.78, 5) is 0. The van der Waals surface area contributed by atoms with Crippen LogP contribution in [0, 0.1) is 5.92 Å². The van der Waals surface area contributed by atoms with Crippen molar-refractivity contribution in [3.8, 4) is 11.4 Å². The summed E-state index contributed by atoms with van der Waals surface area (Å²) in [5, 5.41) is 12.1. The number of hydrogen-bond donors (Lipinski definition) is 1. The minimum Gasteiger partial charge on any atom is -0.399 e. The van der Waals surface area contributed by atoms with Gasteiger partial charge < -0.3 is 10.5 Å². The van der Waals surface area contributed by atoms with E-state index in [9.17, 15) is 0 Å². The largest absolute Gasteiger partial charge is 0.399 e. The molecule has 0 saturated carbocycles. The fraction of sp³-hybridized carbons (Fsp3) is 0.500. The van der Waals surface area contributed by atoms with E-state index in [1.54, 1.807) is 0 Å². The minimum atomic E-state index is 0.298. The molecule has 6 nitrogen and oxygen atoms in total. The molecule has 7 heteroatoms. The second-order valence-electron chi connectivity index (χ2n) is 5.29. The molecule has 1 aromatic heterocycles. The van der Waals surface area contributed by atoms with Gasteiger partial charge in [-0.3, -0.25) is 0 Å². The molecule has 1 fully saturated rings. The highest BCUT2D eigenvalue weighted by molar-refractivity contribution is 9.10. The molecule has 1 aliphatic rings. The quantitative estimate of drug-likeness (QED) is 0.856. The predicted molar refractivity (Wildman–Crippen MR) is 83.5 cm³/mol. The SMILES string of the molecule is CCC1OCCC1Cn1nnnc1-c1cc(N)ccc1Br. The van der Waals surface area contributed by atoms with E-state index in [2.05, 4.69) is 38.4 Å². The lowest BCUT2D eigenvalue weighted by Crippen LogP contribution is -2.21. The zero-order chi connectivity index (χ0) is 14.8. The first kappa shape index (κ1) is 14.5. The zero-order valence-electron chi connectivity index (χ0n) is 11.9. The number of ether oxygens (including phenoxy) is 1. The van der Waals surface area contributed by atoms with E-state index in [4.69, 9.17) is 10.5 Å². The van der Waals surface area contributed by atoms with Crippen molar-refractivity contribution in [1.82, 2.24) is 20.2 Å². The van der Waals surface area contributed by atoms with Gasteiger partial charge in [0.1, 0.15) is 0 Å². The summed E-state index contributed by atoms with van der Waals surface area (Å²) < 4.78 is 8.52. The second-order valence-corrected chi connectivity index (χ2v) is 6.14. The van der Waals surface area contributed by atoms with Gasteiger partial charge in [0.05, 0.1) is 12.6 Å². The number of hydrogen-bond acceptors (Lipinski definition) is 5. The number of anilines is 1. The molecule has 2 aromatic rings. The van der Waals surface area contributed by atoms with Crippen LogP contribution in [0.25, 0.3) is 11.4 Å². The first-order valence-corrected chi connectivity index (χ1v) is 7.91. The van der Waals surface area contributed by atoms with E-state index in [1.807, 2.05) is 22.9 Å². The number of nitrogens with zero attached hydrogens (tertiary/aromatic N) is 4. The van der Waals surface area contributed by atoms with Gasteiger partial charge in [0.2, 0.25) is 0 Å². The molecule has 3 rings (SSSR count). The third-order valence-electron chi connectivity index (χ3n) is 3.92. The lowest BCUT2D eigenvalue weighted by atomic mass is 9.99. The first-order valence-electron chi connectivity index (χ1n) is 7.12. The lowest BCUT2D eigenvalue weighted by Gasteiger charge is -2.17. The smallest absolute Gasteiger partial charge is 0.183 e.